The molecule has 0 saturated carbocycles. The summed E-state index contributed by atoms with van der Waals surface area (Å²) in [5.41, 5.74) is 2.03. The summed E-state index contributed by atoms with van der Waals surface area (Å²) in [6.45, 7) is 2.88. The summed E-state index contributed by atoms with van der Waals surface area (Å²) in [5, 5.41) is 10.7. The van der Waals surface area contributed by atoms with Crippen LogP contribution in [0.3, 0.4) is 0 Å². The van der Waals surface area contributed by atoms with Crippen molar-refractivity contribution < 1.29 is 13.3 Å². The molecular formula is C11H16N4O4S. The fourth-order valence-electron chi connectivity index (χ4n) is 2.22. The topological polar surface area (TPSA) is 119 Å². The molecule has 0 amide bonds. The summed E-state index contributed by atoms with van der Waals surface area (Å²) in [7, 11) is -3.69. The Labute approximate surface area is 116 Å². The first kappa shape index (κ1) is 14.7. The number of nitro benzene ring substituents is 1. The molecule has 0 radical (unpaired) electrons. The van der Waals surface area contributed by atoms with Gasteiger partial charge >= 0.3 is 0 Å². The smallest absolute Gasteiger partial charge is 0.271 e. The van der Waals surface area contributed by atoms with E-state index in [2.05, 4.69) is 5.43 Å². The van der Waals surface area contributed by atoms with Gasteiger partial charge in [0, 0.05) is 25.2 Å². The van der Waals surface area contributed by atoms with Crippen LogP contribution in [-0.2, 0) is 10.0 Å². The van der Waals surface area contributed by atoms with E-state index in [1.807, 2.05) is 6.92 Å². The van der Waals surface area contributed by atoms with E-state index in [1.165, 1.54) is 10.4 Å². The third kappa shape index (κ3) is 2.60. The van der Waals surface area contributed by atoms with Crippen LogP contribution in [0.5, 0.6) is 0 Å². The zero-order chi connectivity index (χ0) is 14.9. The van der Waals surface area contributed by atoms with Crippen LogP contribution >= 0.6 is 0 Å². The fraction of sp³-hybridized carbons (Fsp3) is 0.455. The fourth-order valence-corrected chi connectivity index (χ4v) is 3.93. The summed E-state index contributed by atoms with van der Waals surface area (Å²) >= 11 is 0. The molecule has 110 valence electrons. The van der Waals surface area contributed by atoms with Gasteiger partial charge in [0.15, 0.2) is 0 Å². The minimum absolute atomic E-state index is 0.0266. The van der Waals surface area contributed by atoms with Crippen LogP contribution in [0.25, 0.3) is 0 Å². The third-order valence-electron chi connectivity index (χ3n) is 3.33. The predicted octanol–water partition coefficient (Wildman–Crippen LogP) is 0.911. The highest BCUT2D eigenvalue weighted by atomic mass is 32.2. The standard InChI is InChI=1S/C11H16N4O4S/c1-8-4-5-14(7-8)20(18,19)11-3-2-9(15(16)17)6-10(11)13-12/h2-3,6,8,13H,4-5,7,12H2,1H3. The number of benzene rings is 1. The molecule has 1 unspecified atom stereocenters. The number of hydrazine groups is 1. The molecule has 2 rings (SSSR count). The maximum atomic E-state index is 12.5. The molecule has 0 aliphatic carbocycles. The monoisotopic (exact) mass is 300 g/mol. The third-order valence-corrected chi connectivity index (χ3v) is 5.26. The van der Waals surface area contributed by atoms with Gasteiger partial charge in [0.1, 0.15) is 4.90 Å². The first-order valence-corrected chi connectivity index (χ1v) is 7.55. The molecule has 0 spiro atoms. The number of nitrogens with one attached hydrogen (secondary N) is 1. The molecule has 3 N–H and O–H groups in total. The highest BCUT2D eigenvalue weighted by Crippen LogP contribution is 2.30. The highest BCUT2D eigenvalue weighted by Gasteiger charge is 2.32. The number of nitrogens with zero attached hydrogens (tertiary/aromatic N) is 2. The van der Waals surface area contributed by atoms with Crippen LogP contribution in [0.4, 0.5) is 11.4 Å². The number of nitrogen functional groups attached to an aromatic ring is 1. The Morgan fingerprint density at radius 2 is 2.20 bits per heavy atom. The molecule has 8 nitrogen and oxygen atoms in total. The largest absolute Gasteiger partial charge is 0.323 e. The van der Waals surface area contributed by atoms with Gasteiger partial charge < -0.3 is 5.43 Å². The Kier molecular flexibility index (Phi) is 3.93. The number of rotatable bonds is 4. The maximum Gasteiger partial charge on any atom is 0.271 e. The van der Waals surface area contributed by atoms with Crippen LogP contribution < -0.4 is 11.3 Å². The molecule has 1 aliphatic rings. The van der Waals surface area contributed by atoms with Crippen molar-refractivity contribution in [2.24, 2.45) is 11.8 Å². The zero-order valence-corrected chi connectivity index (χ0v) is 11.8. The number of sulfonamides is 1. The van der Waals surface area contributed by atoms with Crippen LogP contribution in [0.1, 0.15) is 13.3 Å². The molecule has 0 bridgehead atoms. The maximum absolute atomic E-state index is 12.5. The number of anilines is 1. The van der Waals surface area contributed by atoms with Crippen molar-refractivity contribution >= 4 is 21.4 Å². The molecule has 1 aliphatic heterocycles. The van der Waals surface area contributed by atoms with Gasteiger partial charge in [-0.3, -0.25) is 16.0 Å². The molecule has 1 saturated heterocycles. The average molecular weight is 300 g/mol. The molecular weight excluding hydrogens is 284 g/mol. The second kappa shape index (κ2) is 5.35. The van der Waals surface area contributed by atoms with Crippen LogP contribution in [0, 0.1) is 16.0 Å². The van der Waals surface area contributed by atoms with E-state index < -0.39 is 14.9 Å². The molecule has 1 aromatic carbocycles. The SMILES string of the molecule is CC1CCN(S(=O)(=O)c2ccc([N+](=O)[O-])cc2NN)C1. The Morgan fingerprint density at radius 1 is 1.50 bits per heavy atom. The molecule has 20 heavy (non-hydrogen) atoms. The van der Waals surface area contributed by atoms with Gasteiger partial charge in [-0.2, -0.15) is 4.31 Å². The highest BCUT2D eigenvalue weighted by molar-refractivity contribution is 7.89. The van der Waals surface area contributed by atoms with E-state index in [9.17, 15) is 18.5 Å². The van der Waals surface area contributed by atoms with E-state index >= 15 is 0 Å². The lowest BCUT2D eigenvalue weighted by atomic mass is 10.2. The number of hydrogen-bond acceptors (Lipinski definition) is 6. The van der Waals surface area contributed by atoms with Crippen LogP contribution in [-0.4, -0.2) is 30.7 Å². The van der Waals surface area contributed by atoms with Gasteiger partial charge in [-0.25, -0.2) is 8.42 Å². The van der Waals surface area contributed by atoms with Gasteiger partial charge in [0.05, 0.1) is 10.6 Å². The molecule has 1 heterocycles. The number of non-ortho nitro benzene ring substituents is 1. The normalized spacial score (nSPS) is 20.0. The van der Waals surface area contributed by atoms with Gasteiger partial charge in [0.2, 0.25) is 10.0 Å². The van der Waals surface area contributed by atoms with Gasteiger partial charge in [-0.15, -0.1) is 0 Å². The molecule has 1 aromatic rings. The van der Waals surface area contributed by atoms with Crippen molar-refractivity contribution in [2.45, 2.75) is 18.2 Å². The zero-order valence-electron chi connectivity index (χ0n) is 10.9. The first-order valence-electron chi connectivity index (χ1n) is 6.11. The van der Waals surface area contributed by atoms with Crippen molar-refractivity contribution in [2.75, 3.05) is 18.5 Å². The average Bonchev–Trinajstić information content (AvgIpc) is 2.85. The Hall–Kier alpha value is -1.71. The molecule has 9 heteroatoms. The van der Waals surface area contributed by atoms with Gasteiger partial charge in [-0.05, 0) is 18.4 Å². The van der Waals surface area contributed by atoms with Crippen LogP contribution in [0.2, 0.25) is 0 Å². The minimum Gasteiger partial charge on any atom is -0.323 e. The second-order valence-corrected chi connectivity index (χ2v) is 6.75. The number of hydrogen-bond donors (Lipinski definition) is 2. The minimum atomic E-state index is -3.69. The quantitative estimate of drug-likeness (QED) is 0.484. The first-order chi connectivity index (χ1) is 9.36. The van der Waals surface area contributed by atoms with E-state index in [4.69, 9.17) is 5.84 Å². The summed E-state index contributed by atoms with van der Waals surface area (Å²) in [6, 6.07) is 3.49. The Morgan fingerprint density at radius 3 is 2.70 bits per heavy atom. The van der Waals surface area contributed by atoms with Crippen molar-refractivity contribution in [1.29, 1.82) is 0 Å². The summed E-state index contributed by atoms with van der Waals surface area (Å²) in [6.07, 6.45) is 0.803. The van der Waals surface area contributed by atoms with Crippen molar-refractivity contribution in [1.82, 2.24) is 4.31 Å². The molecule has 1 atom stereocenters. The molecule has 0 aromatic heterocycles. The van der Waals surface area contributed by atoms with E-state index in [1.54, 1.807) is 0 Å². The lowest BCUT2D eigenvalue weighted by Crippen LogP contribution is -2.29. The Balaban J connectivity index is 2.44. The Bertz CT molecular complexity index is 631. The van der Waals surface area contributed by atoms with E-state index in [-0.39, 0.29) is 16.3 Å². The summed E-state index contributed by atoms with van der Waals surface area (Å²) in [4.78, 5) is 10.1. The number of nitro groups is 1. The molecule has 1 fully saturated rings. The second-order valence-electron chi connectivity index (χ2n) is 4.84. The van der Waals surface area contributed by atoms with Crippen molar-refractivity contribution in [3.05, 3.63) is 28.3 Å². The van der Waals surface area contributed by atoms with Crippen molar-refractivity contribution in [3.8, 4) is 0 Å². The van der Waals surface area contributed by atoms with Gasteiger partial charge in [0.25, 0.3) is 5.69 Å². The van der Waals surface area contributed by atoms with Crippen LogP contribution in [0.15, 0.2) is 23.1 Å². The lowest BCUT2D eigenvalue weighted by Gasteiger charge is -2.18. The number of nitrogens with two attached hydrogens (primary N) is 1. The van der Waals surface area contributed by atoms with Crippen molar-refractivity contribution in [3.63, 3.8) is 0 Å². The summed E-state index contributed by atoms with van der Waals surface area (Å²) in [5.74, 6) is 5.59. The lowest BCUT2D eigenvalue weighted by molar-refractivity contribution is -0.384. The van der Waals surface area contributed by atoms with Gasteiger partial charge in [-0.1, -0.05) is 6.92 Å². The summed E-state index contributed by atoms with van der Waals surface area (Å²) < 4.78 is 26.4. The predicted molar refractivity (Wildman–Crippen MR) is 73.4 cm³/mol. The van der Waals surface area contributed by atoms with E-state index in [0.29, 0.717) is 19.0 Å². The van der Waals surface area contributed by atoms with E-state index in [0.717, 1.165) is 18.6 Å².